The van der Waals surface area contributed by atoms with E-state index in [2.05, 4.69) is 10.3 Å². The van der Waals surface area contributed by atoms with E-state index >= 15 is 0 Å². The lowest BCUT2D eigenvalue weighted by atomic mass is 10.2. The molecule has 0 unspecified atom stereocenters. The van der Waals surface area contributed by atoms with Crippen molar-refractivity contribution < 1.29 is 9.90 Å². The summed E-state index contributed by atoms with van der Waals surface area (Å²) in [7, 11) is 0. The molecule has 82 valence electrons. The minimum Gasteiger partial charge on any atom is -0.477 e. The quantitative estimate of drug-likeness (QED) is 0.592. The van der Waals surface area contributed by atoms with Crippen molar-refractivity contribution in [1.29, 1.82) is 0 Å². The molecule has 0 aliphatic heterocycles. The van der Waals surface area contributed by atoms with Crippen molar-refractivity contribution in [3.63, 3.8) is 0 Å². The Morgan fingerprint density at radius 3 is 2.81 bits per heavy atom. The maximum Gasteiger partial charge on any atom is 0.352 e. The summed E-state index contributed by atoms with van der Waals surface area (Å²) in [5.74, 6) is -0.986. The number of nitrogens with two attached hydrogens (primary N) is 1. The molecular formula is C10H9N3O2S. The highest BCUT2D eigenvalue weighted by Gasteiger charge is 2.07. The van der Waals surface area contributed by atoms with Gasteiger partial charge >= 0.3 is 5.97 Å². The molecule has 0 spiro atoms. The molecular weight excluding hydrogens is 226 g/mol. The normalized spacial score (nSPS) is 10.2. The molecule has 2 rings (SSSR count). The van der Waals surface area contributed by atoms with E-state index < -0.39 is 5.97 Å². The zero-order valence-electron chi connectivity index (χ0n) is 8.15. The van der Waals surface area contributed by atoms with Crippen LogP contribution >= 0.6 is 12.2 Å². The number of aromatic nitrogens is 1. The molecule has 0 bridgehead atoms. The monoisotopic (exact) mass is 235 g/mol. The number of rotatable bonds is 2. The van der Waals surface area contributed by atoms with Crippen LogP contribution in [-0.2, 0) is 0 Å². The molecule has 1 heterocycles. The van der Waals surface area contributed by atoms with Crippen LogP contribution < -0.4 is 11.1 Å². The van der Waals surface area contributed by atoms with Gasteiger partial charge in [-0.1, -0.05) is 0 Å². The number of benzene rings is 1. The van der Waals surface area contributed by atoms with Gasteiger partial charge in [0.15, 0.2) is 5.11 Å². The van der Waals surface area contributed by atoms with Gasteiger partial charge in [-0.3, -0.25) is 0 Å². The number of carboxylic acid groups (broad SMARTS) is 1. The van der Waals surface area contributed by atoms with Crippen LogP contribution in [0.25, 0.3) is 10.9 Å². The number of hydrogen-bond donors (Lipinski definition) is 4. The minimum atomic E-state index is -0.986. The highest BCUT2D eigenvalue weighted by molar-refractivity contribution is 7.80. The number of anilines is 1. The molecule has 0 saturated carbocycles. The fourth-order valence-electron chi connectivity index (χ4n) is 1.47. The maximum absolute atomic E-state index is 10.7. The van der Waals surface area contributed by atoms with Crippen molar-refractivity contribution in [3.05, 3.63) is 30.0 Å². The average Bonchev–Trinajstić information content (AvgIpc) is 2.59. The van der Waals surface area contributed by atoms with Gasteiger partial charge in [0.1, 0.15) is 5.69 Å². The van der Waals surface area contributed by atoms with Gasteiger partial charge < -0.3 is 21.1 Å². The summed E-state index contributed by atoms with van der Waals surface area (Å²) >= 11 is 4.71. The molecule has 0 aliphatic carbocycles. The topological polar surface area (TPSA) is 91.1 Å². The molecule has 5 nitrogen and oxygen atoms in total. The second kappa shape index (κ2) is 3.82. The first-order valence-electron chi connectivity index (χ1n) is 4.49. The molecule has 0 radical (unpaired) electrons. The third-order valence-corrected chi connectivity index (χ3v) is 2.22. The molecule has 0 saturated heterocycles. The summed E-state index contributed by atoms with van der Waals surface area (Å²) in [6.45, 7) is 0. The Morgan fingerprint density at radius 1 is 1.44 bits per heavy atom. The van der Waals surface area contributed by atoms with E-state index in [0.29, 0.717) is 0 Å². The first kappa shape index (κ1) is 10.4. The van der Waals surface area contributed by atoms with Crippen LogP contribution in [0.4, 0.5) is 5.69 Å². The van der Waals surface area contributed by atoms with E-state index in [1.165, 1.54) is 0 Å². The Morgan fingerprint density at radius 2 is 2.19 bits per heavy atom. The maximum atomic E-state index is 10.7. The average molecular weight is 235 g/mol. The Bertz CT molecular complexity index is 576. The molecule has 5 N–H and O–H groups in total. The molecule has 1 aromatic heterocycles. The molecule has 6 heteroatoms. The number of nitrogens with one attached hydrogen (secondary N) is 2. The first-order valence-corrected chi connectivity index (χ1v) is 4.89. The Balaban J connectivity index is 2.45. The van der Waals surface area contributed by atoms with Gasteiger partial charge in [-0.15, -0.1) is 0 Å². The summed E-state index contributed by atoms with van der Waals surface area (Å²) in [6, 6.07) is 6.87. The summed E-state index contributed by atoms with van der Waals surface area (Å²) < 4.78 is 0. The number of fused-ring (bicyclic) bond motifs is 1. The van der Waals surface area contributed by atoms with E-state index in [1.54, 1.807) is 24.3 Å². The van der Waals surface area contributed by atoms with E-state index in [-0.39, 0.29) is 10.8 Å². The number of hydrogen-bond acceptors (Lipinski definition) is 2. The number of thiocarbonyl (C=S) groups is 1. The zero-order chi connectivity index (χ0) is 11.7. The number of carbonyl (C=O) groups is 1. The molecule has 0 fully saturated rings. The summed E-state index contributed by atoms with van der Waals surface area (Å²) in [6.07, 6.45) is 0. The molecule has 0 amide bonds. The van der Waals surface area contributed by atoms with Crippen LogP contribution in [0.2, 0.25) is 0 Å². The molecule has 2 aromatic rings. The van der Waals surface area contributed by atoms with Crippen molar-refractivity contribution in [2.24, 2.45) is 5.73 Å². The number of carboxylic acids is 1. The van der Waals surface area contributed by atoms with E-state index in [0.717, 1.165) is 16.6 Å². The van der Waals surface area contributed by atoms with Crippen LogP contribution in [0.3, 0.4) is 0 Å². The predicted octanol–water partition coefficient (Wildman–Crippen LogP) is 1.52. The Hall–Kier alpha value is -2.08. The highest BCUT2D eigenvalue weighted by atomic mass is 32.1. The van der Waals surface area contributed by atoms with Crippen molar-refractivity contribution in [1.82, 2.24) is 4.98 Å². The lowest BCUT2D eigenvalue weighted by molar-refractivity contribution is 0.0691. The van der Waals surface area contributed by atoms with Gasteiger partial charge in [-0.2, -0.15) is 0 Å². The van der Waals surface area contributed by atoms with Crippen LogP contribution in [0, 0.1) is 0 Å². The predicted molar refractivity (Wildman–Crippen MR) is 65.7 cm³/mol. The van der Waals surface area contributed by atoms with Crippen LogP contribution in [0.5, 0.6) is 0 Å². The van der Waals surface area contributed by atoms with Crippen molar-refractivity contribution >= 4 is 39.9 Å². The fraction of sp³-hybridized carbons (Fsp3) is 0. The van der Waals surface area contributed by atoms with Gasteiger partial charge in [-0.05, 0) is 36.5 Å². The fourth-order valence-corrected chi connectivity index (χ4v) is 1.59. The summed E-state index contributed by atoms with van der Waals surface area (Å²) in [5.41, 5.74) is 6.98. The third kappa shape index (κ3) is 1.96. The van der Waals surface area contributed by atoms with Crippen molar-refractivity contribution in [2.45, 2.75) is 0 Å². The van der Waals surface area contributed by atoms with E-state index in [4.69, 9.17) is 23.1 Å². The molecule has 0 atom stereocenters. The largest absolute Gasteiger partial charge is 0.477 e. The second-order valence-electron chi connectivity index (χ2n) is 3.28. The lowest BCUT2D eigenvalue weighted by Gasteiger charge is -2.02. The van der Waals surface area contributed by atoms with Crippen LogP contribution in [0.15, 0.2) is 24.3 Å². The van der Waals surface area contributed by atoms with E-state index in [9.17, 15) is 4.79 Å². The number of aromatic carboxylic acids is 1. The van der Waals surface area contributed by atoms with Crippen LogP contribution in [-0.4, -0.2) is 21.2 Å². The van der Waals surface area contributed by atoms with Crippen molar-refractivity contribution in [3.8, 4) is 0 Å². The van der Waals surface area contributed by atoms with Crippen molar-refractivity contribution in [2.75, 3.05) is 5.32 Å². The number of aromatic amines is 1. The van der Waals surface area contributed by atoms with Gasteiger partial charge in [0, 0.05) is 16.6 Å². The smallest absolute Gasteiger partial charge is 0.352 e. The molecule has 0 aliphatic rings. The first-order chi connectivity index (χ1) is 7.56. The van der Waals surface area contributed by atoms with Gasteiger partial charge in [0.05, 0.1) is 0 Å². The number of H-pyrrole nitrogens is 1. The molecule has 1 aromatic carbocycles. The lowest BCUT2D eigenvalue weighted by Crippen LogP contribution is -2.18. The standard InChI is InChI=1S/C10H9N3O2S/c11-10(16)12-6-1-2-7-5(3-6)4-8(13-7)9(14)15/h1-4,13H,(H,14,15)(H3,11,12,16). The summed E-state index contributed by atoms with van der Waals surface area (Å²) in [5, 5.41) is 12.6. The Labute approximate surface area is 96.3 Å². The highest BCUT2D eigenvalue weighted by Crippen LogP contribution is 2.20. The molecule has 16 heavy (non-hydrogen) atoms. The second-order valence-corrected chi connectivity index (χ2v) is 3.72. The minimum absolute atomic E-state index is 0.155. The summed E-state index contributed by atoms with van der Waals surface area (Å²) in [4.78, 5) is 13.5. The van der Waals surface area contributed by atoms with E-state index in [1.807, 2.05) is 0 Å². The van der Waals surface area contributed by atoms with Gasteiger partial charge in [0.25, 0.3) is 0 Å². The SMILES string of the molecule is NC(=S)Nc1ccc2[nH]c(C(=O)O)cc2c1. The Kier molecular flexibility index (Phi) is 2.49. The third-order valence-electron chi connectivity index (χ3n) is 2.12. The zero-order valence-corrected chi connectivity index (χ0v) is 8.97. The van der Waals surface area contributed by atoms with Crippen LogP contribution in [0.1, 0.15) is 10.5 Å². The van der Waals surface area contributed by atoms with Gasteiger partial charge in [-0.25, -0.2) is 4.79 Å². The van der Waals surface area contributed by atoms with Gasteiger partial charge in [0.2, 0.25) is 0 Å².